The zero-order valence-electron chi connectivity index (χ0n) is 16.4. The molecule has 0 rings (SSSR count). The van der Waals surface area contributed by atoms with Gasteiger partial charge in [-0.25, -0.2) is 0 Å². The molecule has 0 radical (unpaired) electrons. The van der Waals surface area contributed by atoms with Crippen LogP contribution in [0.2, 0.25) is 0 Å². The molecular weight excluding hydrogens is 320 g/mol. The van der Waals surface area contributed by atoms with Crippen molar-refractivity contribution in [1.82, 2.24) is 0 Å². The van der Waals surface area contributed by atoms with Crippen LogP contribution < -0.4 is 0 Å². The van der Waals surface area contributed by atoms with Crippen molar-refractivity contribution in [3.05, 3.63) is 0 Å². The van der Waals surface area contributed by atoms with Crippen LogP contribution in [-0.2, 0) is 19.7 Å². The van der Waals surface area contributed by atoms with Crippen LogP contribution in [0.4, 0.5) is 0 Å². The van der Waals surface area contributed by atoms with Gasteiger partial charge in [-0.05, 0) is 12.8 Å². The van der Waals surface area contributed by atoms with Crippen LogP contribution in [0.1, 0.15) is 117 Å². The van der Waals surface area contributed by atoms with Gasteiger partial charge in [0.05, 0.1) is 13.2 Å². The molecule has 0 aliphatic heterocycles. The Bertz CT molecular complexity index is 259. The summed E-state index contributed by atoms with van der Waals surface area (Å²) in [5.74, 6) is 0. The number of hydrogen-bond donors (Lipinski definition) is 0. The Kier molecular flexibility index (Phi) is 21.2. The van der Waals surface area contributed by atoms with Crippen LogP contribution in [0.5, 0.6) is 0 Å². The van der Waals surface area contributed by atoms with Crippen molar-refractivity contribution < 1.29 is 12.6 Å². The highest BCUT2D eigenvalue weighted by atomic mass is 32.2. The van der Waals surface area contributed by atoms with Crippen molar-refractivity contribution in [3.8, 4) is 0 Å². The van der Waals surface area contributed by atoms with E-state index in [0.717, 1.165) is 25.7 Å². The van der Waals surface area contributed by atoms with Crippen molar-refractivity contribution in [1.29, 1.82) is 0 Å². The second-order valence-electron chi connectivity index (χ2n) is 6.80. The lowest BCUT2D eigenvalue weighted by atomic mass is 10.0. The molecule has 1 atom stereocenters. The molecule has 0 amide bonds. The SMILES string of the molecule is CCCCCCCCCCCCCCCOS(=O)OCCCCC. The lowest BCUT2D eigenvalue weighted by Crippen LogP contribution is -2.04. The highest BCUT2D eigenvalue weighted by Gasteiger charge is 2.00. The van der Waals surface area contributed by atoms with Gasteiger partial charge in [-0.2, -0.15) is 4.21 Å². The van der Waals surface area contributed by atoms with E-state index in [2.05, 4.69) is 13.8 Å². The summed E-state index contributed by atoms with van der Waals surface area (Å²) in [5, 5.41) is 0. The Hall–Kier alpha value is 0.0700. The fourth-order valence-electron chi connectivity index (χ4n) is 2.76. The van der Waals surface area contributed by atoms with E-state index in [1.165, 1.54) is 77.0 Å². The third-order valence-electron chi connectivity index (χ3n) is 4.35. The minimum atomic E-state index is -1.54. The Balaban J connectivity index is 3.08. The summed E-state index contributed by atoms with van der Waals surface area (Å²) in [4.78, 5) is 0. The predicted molar refractivity (Wildman–Crippen MR) is 105 cm³/mol. The molecule has 4 heteroatoms. The maximum atomic E-state index is 11.4. The molecule has 146 valence electrons. The molecule has 0 aliphatic rings. The van der Waals surface area contributed by atoms with Gasteiger partial charge < -0.3 is 0 Å². The number of rotatable bonds is 20. The summed E-state index contributed by atoms with van der Waals surface area (Å²) < 4.78 is 21.7. The number of unbranched alkanes of at least 4 members (excludes halogenated alkanes) is 14. The van der Waals surface area contributed by atoms with Crippen molar-refractivity contribution in [2.75, 3.05) is 13.2 Å². The molecule has 0 bridgehead atoms. The first-order valence-electron chi connectivity index (χ1n) is 10.5. The highest BCUT2D eigenvalue weighted by molar-refractivity contribution is 7.75. The molecule has 0 aliphatic carbocycles. The quantitative estimate of drug-likeness (QED) is 0.221. The molecule has 0 spiro atoms. The highest BCUT2D eigenvalue weighted by Crippen LogP contribution is 2.12. The molecule has 0 saturated carbocycles. The molecule has 3 nitrogen and oxygen atoms in total. The first kappa shape index (κ1) is 24.1. The summed E-state index contributed by atoms with van der Waals surface area (Å²) in [5.41, 5.74) is 0. The largest absolute Gasteiger partial charge is 0.304 e. The van der Waals surface area contributed by atoms with Gasteiger partial charge in [0.15, 0.2) is 0 Å². The van der Waals surface area contributed by atoms with Crippen LogP contribution in [0.25, 0.3) is 0 Å². The summed E-state index contributed by atoms with van der Waals surface area (Å²) in [6.07, 6.45) is 20.6. The minimum Gasteiger partial charge on any atom is -0.268 e. The first-order chi connectivity index (χ1) is 11.8. The summed E-state index contributed by atoms with van der Waals surface area (Å²) >= 11 is -1.54. The van der Waals surface area contributed by atoms with Gasteiger partial charge in [0.2, 0.25) is 0 Å². The maximum absolute atomic E-state index is 11.4. The monoisotopic (exact) mass is 362 g/mol. The Morgan fingerprint density at radius 3 is 1.21 bits per heavy atom. The second-order valence-corrected chi connectivity index (χ2v) is 7.68. The van der Waals surface area contributed by atoms with E-state index in [4.69, 9.17) is 8.37 Å². The lowest BCUT2D eigenvalue weighted by molar-refractivity contribution is 0.241. The van der Waals surface area contributed by atoms with E-state index in [1.807, 2.05) is 0 Å². The second kappa shape index (κ2) is 21.1. The number of hydrogen-bond acceptors (Lipinski definition) is 3. The minimum absolute atomic E-state index is 0.541. The van der Waals surface area contributed by atoms with Crippen LogP contribution in [0, 0.1) is 0 Å². The molecule has 0 saturated heterocycles. The van der Waals surface area contributed by atoms with Gasteiger partial charge in [0.25, 0.3) is 0 Å². The Labute approximate surface area is 154 Å². The Morgan fingerprint density at radius 1 is 0.500 bits per heavy atom. The van der Waals surface area contributed by atoms with E-state index < -0.39 is 11.4 Å². The van der Waals surface area contributed by atoms with Gasteiger partial charge in [-0.1, -0.05) is 104 Å². The maximum Gasteiger partial charge on any atom is 0.304 e. The van der Waals surface area contributed by atoms with Gasteiger partial charge >= 0.3 is 11.4 Å². The van der Waals surface area contributed by atoms with Crippen molar-refractivity contribution >= 4 is 11.4 Å². The van der Waals surface area contributed by atoms with Crippen molar-refractivity contribution in [2.45, 2.75) is 117 Å². The van der Waals surface area contributed by atoms with E-state index >= 15 is 0 Å². The summed E-state index contributed by atoms with van der Waals surface area (Å²) in [6, 6.07) is 0. The topological polar surface area (TPSA) is 35.5 Å². The molecule has 0 heterocycles. The fraction of sp³-hybridized carbons (Fsp3) is 1.00. The molecule has 24 heavy (non-hydrogen) atoms. The van der Waals surface area contributed by atoms with Gasteiger partial charge in [-0.3, -0.25) is 8.37 Å². The van der Waals surface area contributed by atoms with Gasteiger partial charge in [-0.15, -0.1) is 0 Å². The van der Waals surface area contributed by atoms with E-state index in [0.29, 0.717) is 13.2 Å². The zero-order chi connectivity index (χ0) is 17.7. The molecule has 0 aromatic rings. The molecular formula is C20H42O3S. The zero-order valence-corrected chi connectivity index (χ0v) is 17.2. The average molecular weight is 363 g/mol. The summed E-state index contributed by atoms with van der Waals surface area (Å²) in [7, 11) is 0. The average Bonchev–Trinajstić information content (AvgIpc) is 2.59. The standard InChI is InChI=1S/C20H42O3S/c1-3-5-7-8-9-10-11-12-13-14-15-16-18-20-23-24(21)22-19-17-6-4-2/h3-20H2,1-2H3. The molecule has 0 aromatic carbocycles. The molecule has 0 aromatic heterocycles. The first-order valence-corrected chi connectivity index (χ1v) is 11.5. The van der Waals surface area contributed by atoms with Crippen LogP contribution in [-0.4, -0.2) is 17.4 Å². The van der Waals surface area contributed by atoms with E-state index in [-0.39, 0.29) is 0 Å². The van der Waals surface area contributed by atoms with Crippen LogP contribution in [0.3, 0.4) is 0 Å². The molecule has 0 fully saturated rings. The summed E-state index contributed by atoms with van der Waals surface area (Å²) in [6.45, 7) is 5.51. The predicted octanol–water partition coefficient (Wildman–Crippen LogP) is 6.88. The van der Waals surface area contributed by atoms with Crippen LogP contribution in [0.15, 0.2) is 0 Å². The van der Waals surface area contributed by atoms with Crippen molar-refractivity contribution in [2.24, 2.45) is 0 Å². The fourth-order valence-corrected chi connectivity index (χ4v) is 3.34. The van der Waals surface area contributed by atoms with Gasteiger partial charge in [0, 0.05) is 0 Å². The Morgan fingerprint density at radius 2 is 0.792 bits per heavy atom. The van der Waals surface area contributed by atoms with Crippen LogP contribution >= 0.6 is 0 Å². The third-order valence-corrected chi connectivity index (χ3v) is 5.07. The lowest BCUT2D eigenvalue weighted by Gasteiger charge is -2.04. The molecule has 1 unspecified atom stereocenters. The van der Waals surface area contributed by atoms with Gasteiger partial charge in [0.1, 0.15) is 0 Å². The smallest absolute Gasteiger partial charge is 0.268 e. The van der Waals surface area contributed by atoms with E-state index in [9.17, 15) is 4.21 Å². The van der Waals surface area contributed by atoms with Crippen molar-refractivity contribution in [3.63, 3.8) is 0 Å². The van der Waals surface area contributed by atoms with E-state index in [1.54, 1.807) is 0 Å². The third kappa shape index (κ3) is 20.1. The molecule has 0 N–H and O–H groups in total. The normalized spacial score (nSPS) is 12.6.